The zero-order chi connectivity index (χ0) is 25.4. The normalized spacial score (nSPS) is 15.7. The summed E-state index contributed by atoms with van der Waals surface area (Å²) in [5, 5.41) is 0.197. The lowest BCUT2D eigenvalue weighted by Crippen LogP contribution is -2.23. The third kappa shape index (κ3) is 5.92. The first kappa shape index (κ1) is 25.4. The SMILES string of the molecule is CN=Cc1ccc(COC(c2sc(-c3ccc(C(F)(F)F)cc3)nc2C)C(F)(F)F)cc1C1CC1. The standard InChI is InChI=1S/C25H22F6N2OS/c1-14-21(35-23(33-14)17-7-9-19(10-8-17)24(26,27)28)22(25(29,30)31)34-13-15-3-4-18(12-32-2)20(11-15)16-5-6-16/h3-4,7-12,16,22H,5-6,13H2,1-2H3. The highest BCUT2D eigenvalue weighted by Crippen LogP contribution is 2.44. The molecular formula is C25H22F6N2OS. The van der Waals surface area contributed by atoms with E-state index in [1.807, 2.05) is 12.1 Å². The average Bonchev–Trinajstić information content (AvgIpc) is 3.56. The molecule has 2 aromatic carbocycles. The molecule has 0 saturated heterocycles. The van der Waals surface area contributed by atoms with E-state index in [4.69, 9.17) is 4.74 Å². The maximum atomic E-state index is 14.0. The largest absolute Gasteiger partial charge is 0.419 e. The van der Waals surface area contributed by atoms with Crippen LogP contribution in [0.4, 0.5) is 26.3 Å². The van der Waals surface area contributed by atoms with Gasteiger partial charge in [-0.2, -0.15) is 26.3 Å². The first-order valence-electron chi connectivity index (χ1n) is 10.9. The van der Waals surface area contributed by atoms with Crippen molar-refractivity contribution in [2.24, 2.45) is 4.99 Å². The van der Waals surface area contributed by atoms with Crippen LogP contribution in [-0.2, 0) is 17.5 Å². The molecule has 3 nitrogen and oxygen atoms in total. The molecule has 35 heavy (non-hydrogen) atoms. The Bertz CT molecular complexity index is 1210. The van der Waals surface area contributed by atoms with Crippen LogP contribution >= 0.6 is 11.3 Å². The average molecular weight is 513 g/mol. The summed E-state index contributed by atoms with van der Waals surface area (Å²) in [4.78, 5) is 8.10. The number of benzene rings is 2. The minimum absolute atomic E-state index is 0.121. The highest BCUT2D eigenvalue weighted by Gasteiger charge is 2.44. The van der Waals surface area contributed by atoms with Crippen molar-refractivity contribution in [3.63, 3.8) is 0 Å². The fourth-order valence-corrected chi connectivity index (χ4v) is 4.94. The number of thiazole rings is 1. The molecule has 0 bridgehead atoms. The number of aromatic nitrogens is 1. The summed E-state index contributed by atoms with van der Waals surface area (Å²) in [6.07, 6.45) is -7.59. The molecule has 0 N–H and O–H groups in total. The lowest BCUT2D eigenvalue weighted by Gasteiger charge is -2.20. The lowest BCUT2D eigenvalue weighted by atomic mass is 10.0. The van der Waals surface area contributed by atoms with E-state index in [0.29, 0.717) is 17.0 Å². The Balaban J connectivity index is 1.57. The van der Waals surface area contributed by atoms with Crippen molar-refractivity contribution in [1.82, 2.24) is 4.98 Å². The number of hydrogen-bond donors (Lipinski definition) is 0. The number of rotatable bonds is 7. The Kier molecular flexibility index (Phi) is 7.06. The number of hydrogen-bond acceptors (Lipinski definition) is 4. The summed E-state index contributed by atoms with van der Waals surface area (Å²) in [5.74, 6) is 0.386. The zero-order valence-corrected chi connectivity index (χ0v) is 19.7. The van der Waals surface area contributed by atoms with Crippen molar-refractivity contribution in [3.8, 4) is 10.6 Å². The summed E-state index contributed by atoms with van der Waals surface area (Å²) in [6, 6.07) is 9.60. The zero-order valence-electron chi connectivity index (χ0n) is 18.9. The van der Waals surface area contributed by atoms with E-state index in [0.717, 1.165) is 47.4 Å². The van der Waals surface area contributed by atoms with Crippen molar-refractivity contribution < 1.29 is 31.1 Å². The van der Waals surface area contributed by atoms with Crippen molar-refractivity contribution in [1.29, 1.82) is 0 Å². The van der Waals surface area contributed by atoms with Crippen LogP contribution in [0.15, 0.2) is 47.5 Å². The minimum atomic E-state index is -4.69. The van der Waals surface area contributed by atoms with Gasteiger partial charge in [-0.15, -0.1) is 11.3 Å². The quantitative estimate of drug-likeness (QED) is 0.238. The van der Waals surface area contributed by atoms with E-state index in [9.17, 15) is 26.3 Å². The monoisotopic (exact) mass is 512 g/mol. The number of ether oxygens (including phenoxy) is 1. The molecule has 1 saturated carbocycles. The summed E-state index contributed by atoms with van der Waals surface area (Å²) in [7, 11) is 1.66. The molecule has 186 valence electrons. The van der Waals surface area contributed by atoms with Gasteiger partial charge in [-0.05, 0) is 54.5 Å². The van der Waals surface area contributed by atoms with Crippen LogP contribution in [0.2, 0.25) is 0 Å². The van der Waals surface area contributed by atoms with Crippen LogP contribution in [-0.4, -0.2) is 24.4 Å². The highest BCUT2D eigenvalue weighted by molar-refractivity contribution is 7.15. The van der Waals surface area contributed by atoms with Gasteiger partial charge in [0.1, 0.15) is 5.01 Å². The van der Waals surface area contributed by atoms with Crippen molar-refractivity contribution in [3.05, 3.63) is 75.3 Å². The van der Waals surface area contributed by atoms with E-state index in [1.165, 1.54) is 19.1 Å². The minimum Gasteiger partial charge on any atom is -0.358 e. The second-order valence-electron chi connectivity index (χ2n) is 8.40. The van der Waals surface area contributed by atoms with Crippen LogP contribution in [0.3, 0.4) is 0 Å². The molecule has 1 aromatic heterocycles. The van der Waals surface area contributed by atoms with Gasteiger partial charge < -0.3 is 4.74 Å². The Morgan fingerprint density at radius 2 is 1.77 bits per heavy atom. The molecule has 1 unspecified atom stereocenters. The molecule has 1 aliphatic rings. The Labute approximate surface area is 202 Å². The number of nitrogens with zero attached hydrogens (tertiary/aromatic N) is 2. The number of halogens is 6. The molecule has 0 spiro atoms. The van der Waals surface area contributed by atoms with Gasteiger partial charge >= 0.3 is 12.4 Å². The Morgan fingerprint density at radius 1 is 1.09 bits per heavy atom. The van der Waals surface area contributed by atoms with Gasteiger partial charge in [-0.25, -0.2) is 4.98 Å². The summed E-state index contributed by atoms with van der Waals surface area (Å²) < 4.78 is 85.8. The molecule has 1 fully saturated rings. The molecule has 3 aromatic rings. The van der Waals surface area contributed by atoms with Gasteiger partial charge in [-0.1, -0.05) is 30.3 Å². The molecule has 10 heteroatoms. The van der Waals surface area contributed by atoms with E-state index >= 15 is 0 Å². The smallest absolute Gasteiger partial charge is 0.358 e. The lowest BCUT2D eigenvalue weighted by molar-refractivity contribution is -0.226. The van der Waals surface area contributed by atoms with Gasteiger partial charge in [0.15, 0.2) is 6.10 Å². The first-order valence-corrected chi connectivity index (χ1v) is 11.7. The van der Waals surface area contributed by atoms with Gasteiger partial charge in [0.2, 0.25) is 0 Å². The molecule has 1 atom stereocenters. The van der Waals surface area contributed by atoms with Gasteiger partial charge in [0, 0.05) is 18.8 Å². The number of alkyl halides is 6. The van der Waals surface area contributed by atoms with Crippen LogP contribution in [0.25, 0.3) is 10.6 Å². The van der Waals surface area contributed by atoms with E-state index in [1.54, 1.807) is 19.3 Å². The topological polar surface area (TPSA) is 34.5 Å². The Morgan fingerprint density at radius 3 is 2.34 bits per heavy atom. The van der Waals surface area contributed by atoms with Gasteiger partial charge in [0.25, 0.3) is 0 Å². The molecule has 0 aliphatic heterocycles. The molecule has 0 amide bonds. The van der Waals surface area contributed by atoms with Gasteiger partial charge in [0.05, 0.1) is 22.7 Å². The first-order chi connectivity index (χ1) is 16.5. The summed E-state index contributed by atoms with van der Waals surface area (Å²) in [5.41, 5.74) is 2.22. The van der Waals surface area contributed by atoms with Crippen molar-refractivity contribution in [2.45, 2.75) is 50.7 Å². The number of aryl methyl sites for hydroxylation is 1. The van der Waals surface area contributed by atoms with Crippen LogP contribution < -0.4 is 0 Å². The maximum absolute atomic E-state index is 14.0. The third-order valence-electron chi connectivity index (χ3n) is 5.68. The summed E-state index contributed by atoms with van der Waals surface area (Å²) >= 11 is 0.768. The number of aliphatic imine (C=N–C) groups is 1. The molecule has 1 aliphatic carbocycles. The summed E-state index contributed by atoms with van der Waals surface area (Å²) in [6.45, 7) is 1.19. The second-order valence-corrected chi connectivity index (χ2v) is 9.43. The molecule has 0 radical (unpaired) electrons. The van der Waals surface area contributed by atoms with Crippen molar-refractivity contribution in [2.75, 3.05) is 7.05 Å². The molecular weight excluding hydrogens is 490 g/mol. The van der Waals surface area contributed by atoms with E-state index in [-0.39, 0.29) is 22.2 Å². The highest BCUT2D eigenvalue weighted by atomic mass is 32.1. The Hall–Kier alpha value is -2.72. The fraction of sp³-hybridized carbons (Fsp3) is 0.360. The van der Waals surface area contributed by atoms with Crippen LogP contribution in [0.5, 0.6) is 0 Å². The van der Waals surface area contributed by atoms with Crippen LogP contribution in [0, 0.1) is 6.92 Å². The second kappa shape index (κ2) is 9.73. The predicted molar refractivity (Wildman–Crippen MR) is 123 cm³/mol. The van der Waals surface area contributed by atoms with Crippen molar-refractivity contribution >= 4 is 17.6 Å². The molecule has 1 heterocycles. The van der Waals surface area contributed by atoms with Gasteiger partial charge in [-0.3, -0.25) is 4.99 Å². The maximum Gasteiger partial charge on any atom is 0.419 e. The third-order valence-corrected chi connectivity index (χ3v) is 6.93. The predicted octanol–water partition coefficient (Wildman–Crippen LogP) is 7.88. The molecule has 4 rings (SSSR count). The van der Waals surface area contributed by atoms with Crippen LogP contribution in [0.1, 0.15) is 57.7 Å². The van der Waals surface area contributed by atoms with E-state index in [2.05, 4.69) is 9.98 Å². The fourth-order valence-electron chi connectivity index (χ4n) is 3.79. The van der Waals surface area contributed by atoms with E-state index < -0.39 is 24.0 Å².